The zero-order valence-electron chi connectivity index (χ0n) is 20.1. The number of rotatable bonds is 6. The van der Waals surface area contributed by atoms with Gasteiger partial charge in [0.1, 0.15) is 12.4 Å². The third kappa shape index (κ3) is 5.06. The van der Waals surface area contributed by atoms with Crippen molar-refractivity contribution in [1.82, 2.24) is 10.6 Å². The quantitative estimate of drug-likeness (QED) is 0.277. The average molecular weight is 493 g/mol. The van der Waals surface area contributed by atoms with E-state index in [1.165, 1.54) is 0 Å². The van der Waals surface area contributed by atoms with E-state index in [-0.39, 0.29) is 17.9 Å². The van der Waals surface area contributed by atoms with Crippen LogP contribution in [0.5, 0.6) is 5.75 Å². The van der Waals surface area contributed by atoms with Gasteiger partial charge in [0.05, 0.1) is 17.2 Å². The van der Waals surface area contributed by atoms with E-state index < -0.39 is 24.0 Å². The normalized spacial score (nSPS) is 15.1. The number of carbonyl (C=O) groups excluding carboxylic acids is 3. The van der Waals surface area contributed by atoms with Crippen molar-refractivity contribution in [2.75, 3.05) is 0 Å². The molecule has 0 aliphatic carbocycles. The van der Waals surface area contributed by atoms with Crippen molar-refractivity contribution < 1.29 is 23.9 Å². The molecule has 1 atom stereocenters. The maximum Gasteiger partial charge on any atom is 0.343 e. The lowest BCUT2D eigenvalue weighted by Crippen LogP contribution is -2.45. The molecule has 1 unspecified atom stereocenters. The molecule has 0 aromatic heterocycles. The summed E-state index contributed by atoms with van der Waals surface area (Å²) in [7, 11) is 0. The number of fused-ring (bicyclic) bond motifs is 1. The van der Waals surface area contributed by atoms with Crippen LogP contribution in [0.3, 0.4) is 0 Å². The van der Waals surface area contributed by atoms with Gasteiger partial charge >= 0.3 is 18.0 Å². The molecular formula is C30H24N2O5. The van der Waals surface area contributed by atoms with Gasteiger partial charge in [0, 0.05) is 11.3 Å². The van der Waals surface area contributed by atoms with Crippen LogP contribution >= 0.6 is 0 Å². The fourth-order valence-electron chi connectivity index (χ4n) is 4.38. The van der Waals surface area contributed by atoms with Gasteiger partial charge in [-0.05, 0) is 41.5 Å². The van der Waals surface area contributed by atoms with Gasteiger partial charge in [-0.3, -0.25) is 0 Å². The van der Waals surface area contributed by atoms with E-state index in [2.05, 4.69) is 10.6 Å². The Morgan fingerprint density at radius 2 is 1.49 bits per heavy atom. The Labute approximate surface area is 213 Å². The molecule has 1 heterocycles. The molecule has 4 aromatic carbocycles. The first-order valence-electron chi connectivity index (χ1n) is 11.8. The summed E-state index contributed by atoms with van der Waals surface area (Å²) in [5.74, 6) is -0.903. The van der Waals surface area contributed by atoms with Crippen molar-refractivity contribution in [3.8, 4) is 5.75 Å². The minimum Gasteiger partial charge on any atom is -0.457 e. The highest BCUT2D eigenvalue weighted by molar-refractivity contribution is 5.99. The van der Waals surface area contributed by atoms with E-state index in [4.69, 9.17) is 9.47 Å². The van der Waals surface area contributed by atoms with Crippen LogP contribution in [-0.4, -0.2) is 18.0 Å². The van der Waals surface area contributed by atoms with Crippen molar-refractivity contribution in [3.05, 3.63) is 125 Å². The lowest BCUT2D eigenvalue weighted by molar-refractivity contribution is -0.140. The molecule has 7 nitrogen and oxygen atoms in total. The first-order chi connectivity index (χ1) is 18.0. The molecule has 37 heavy (non-hydrogen) atoms. The minimum atomic E-state index is -0.915. The summed E-state index contributed by atoms with van der Waals surface area (Å²) < 4.78 is 11.5. The Bertz CT molecular complexity index is 1510. The molecule has 0 saturated carbocycles. The van der Waals surface area contributed by atoms with E-state index >= 15 is 0 Å². The maximum atomic E-state index is 13.4. The lowest BCUT2D eigenvalue weighted by Gasteiger charge is -2.30. The SMILES string of the molecule is CC1=C(C(=O)OCc2ccccc2)C(c2c(OC(=O)c3ccccc3)ccc3ccccc23)NC(=O)N1. The van der Waals surface area contributed by atoms with Gasteiger partial charge in [-0.25, -0.2) is 14.4 Å². The maximum absolute atomic E-state index is 13.4. The molecule has 0 spiro atoms. The van der Waals surface area contributed by atoms with Crippen molar-refractivity contribution >= 4 is 28.7 Å². The molecule has 0 bridgehead atoms. The topological polar surface area (TPSA) is 93.7 Å². The number of nitrogens with one attached hydrogen (secondary N) is 2. The summed E-state index contributed by atoms with van der Waals surface area (Å²) in [5, 5.41) is 7.09. The third-order valence-electron chi connectivity index (χ3n) is 6.13. The summed E-state index contributed by atoms with van der Waals surface area (Å²) in [6.07, 6.45) is 0. The third-order valence-corrected chi connectivity index (χ3v) is 6.13. The monoisotopic (exact) mass is 492 g/mol. The van der Waals surface area contributed by atoms with Gasteiger partial charge in [-0.15, -0.1) is 0 Å². The Hall–Kier alpha value is -4.91. The number of hydrogen-bond donors (Lipinski definition) is 2. The van der Waals surface area contributed by atoms with Crippen molar-refractivity contribution in [2.24, 2.45) is 0 Å². The Morgan fingerprint density at radius 1 is 0.811 bits per heavy atom. The van der Waals surface area contributed by atoms with Crippen LogP contribution in [0.4, 0.5) is 4.79 Å². The smallest absolute Gasteiger partial charge is 0.343 e. The van der Waals surface area contributed by atoms with E-state index in [0.717, 1.165) is 16.3 Å². The number of urea groups is 1. The second kappa shape index (κ2) is 10.4. The van der Waals surface area contributed by atoms with Gasteiger partial charge in [0.15, 0.2) is 0 Å². The second-order valence-corrected chi connectivity index (χ2v) is 8.59. The van der Waals surface area contributed by atoms with Crippen LogP contribution in [0.25, 0.3) is 10.8 Å². The van der Waals surface area contributed by atoms with Gasteiger partial charge in [-0.2, -0.15) is 0 Å². The van der Waals surface area contributed by atoms with Gasteiger partial charge in [0.25, 0.3) is 0 Å². The molecule has 2 N–H and O–H groups in total. The summed E-state index contributed by atoms with van der Waals surface area (Å²) in [5.41, 5.74) is 2.29. The average Bonchev–Trinajstić information content (AvgIpc) is 2.92. The molecule has 0 fully saturated rings. The fourth-order valence-corrected chi connectivity index (χ4v) is 4.38. The van der Waals surface area contributed by atoms with Gasteiger partial charge in [-0.1, -0.05) is 78.9 Å². The summed E-state index contributed by atoms with van der Waals surface area (Å²) in [4.78, 5) is 38.9. The first kappa shape index (κ1) is 23.8. The summed E-state index contributed by atoms with van der Waals surface area (Å²) >= 11 is 0. The highest BCUT2D eigenvalue weighted by Gasteiger charge is 2.35. The molecule has 7 heteroatoms. The number of allylic oxidation sites excluding steroid dienone is 1. The summed E-state index contributed by atoms with van der Waals surface area (Å²) in [6, 6.07) is 27.6. The number of ether oxygens (including phenoxy) is 2. The minimum absolute atomic E-state index is 0.0719. The number of carbonyl (C=O) groups is 3. The number of benzene rings is 4. The Morgan fingerprint density at radius 3 is 2.24 bits per heavy atom. The Kier molecular flexibility index (Phi) is 6.68. The van der Waals surface area contributed by atoms with E-state index in [0.29, 0.717) is 16.8 Å². The van der Waals surface area contributed by atoms with Crippen LogP contribution in [0, 0.1) is 0 Å². The summed E-state index contributed by atoms with van der Waals surface area (Å²) in [6.45, 7) is 1.72. The molecule has 184 valence electrons. The zero-order valence-corrected chi connectivity index (χ0v) is 20.1. The number of hydrogen-bond acceptors (Lipinski definition) is 5. The predicted molar refractivity (Wildman–Crippen MR) is 139 cm³/mol. The molecule has 1 aliphatic rings. The number of esters is 2. The van der Waals surface area contributed by atoms with Gasteiger partial charge in [0.2, 0.25) is 0 Å². The lowest BCUT2D eigenvalue weighted by atomic mass is 9.90. The predicted octanol–water partition coefficient (Wildman–Crippen LogP) is 5.43. The Balaban J connectivity index is 1.57. The molecule has 4 aromatic rings. The van der Waals surface area contributed by atoms with Crippen LogP contribution in [-0.2, 0) is 16.1 Å². The highest BCUT2D eigenvalue weighted by Crippen LogP contribution is 2.39. The first-order valence-corrected chi connectivity index (χ1v) is 11.8. The van der Waals surface area contributed by atoms with Crippen molar-refractivity contribution in [3.63, 3.8) is 0 Å². The highest BCUT2D eigenvalue weighted by atomic mass is 16.5. The number of amides is 2. The molecular weight excluding hydrogens is 468 g/mol. The largest absolute Gasteiger partial charge is 0.457 e. The molecule has 0 radical (unpaired) electrons. The molecule has 2 amide bonds. The van der Waals surface area contributed by atoms with Gasteiger partial charge < -0.3 is 20.1 Å². The molecule has 1 aliphatic heterocycles. The van der Waals surface area contributed by atoms with Crippen molar-refractivity contribution in [1.29, 1.82) is 0 Å². The van der Waals surface area contributed by atoms with Crippen molar-refractivity contribution in [2.45, 2.75) is 19.6 Å². The fraction of sp³-hybridized carbons (Fsp3) is 0.100. The van der Waals surface area contributed by atoms with Crippen LogP contribution in [0.15, 0.2) is 108 Å². The molecule has 0 saturated heterocycles. The zero-order chi connectivity index (χ0) is 25.8. The van der Waals surface area contributed by atoms with Crippen LogP contribution in [0.2, 0.25) is 0 Å². The second-order valence-electron chi connectivity index (χ2n) is 8.59. The molecule has 5 rings (SSSR count). The van der Waals surface area contributed by atoms with E-state index in [9.17, 15) is 14.4 Å². The van der Waals surface area contributed by atoms with Crippen LogP contribution < -0.4 is 15.4 Å². The van der Waals surface area contributed by atoms with Crippen LogP contribution in [0.1, 0.15) is 34.5 Å². The standard InChI is InChI=1S/C30H24N2O5/c1-19-25(29(34)36-18-20-10-4-2-5-11-20)27(32-30(35)31-19)26-23-15-9-8-12-21(23)16-17-24(26)37-28(33)22-13-6-3-7-14-22/h2-17,27H,18H2,1H3,(H2,31,32,35). The van der Waals surface area contributed by atoms with E-state index in [1.807, 2.05) is 66.7 Å². The van der Waals surface area contributed by atoms with E-state index in [1.54, 1.807) is 37.3 Å².